The summed E-state index contributed by atoms with van der Waals surface area (Å²) in [5, 5.41) is 0. The Labute approximate surface area is 102 Å². The Balaban J connectivity index is 3.41. The molecule has 1 rings (SSSR count). The van der Waals surface area contributed by atoms with Gasteiger partial charge in [-0.25, -0.2) is 0 Å². The van der Waals surface area contributed by atoms with Crippen LogP contribution in [0.3, 0.4) is 0 Å². The first-order chi connectivity index (χ1) is 7.53. The minimum absolute atomic E-state index is 0.00685. The van der Waals surface area contributed by atoms with Crippen LogP contribution in [0.25, 0.3) is 0 Å². The van der Waals surface area contributed by atoms with Crippen LogP contribution in [0.5, 0.6) is 0 Å². The van der Waals surface area contributed by atoms with Crippen molar-refractivity contribution >= 4 is 23.2 Å². The van der Waals surface area contributed by atoms with Crippen LogP contribution in [-0.2, 0) is 12.4 Å². The van der Waals surface area contributed by atoms with Crippen molar-refractivity contribution in [2.75, 3.05) is 0 Å². The van der Waals surface area contributed by atoms with Crippen LogP contribution >= 0.6 is 23.2 Å². The van der Waals surface area contributed by atoms with Crippen molar-refractivity contribution in [2.45, 2.75) is 17.2 Å². The van der Waals surface area contributed by atoms with E-state index in [1.54, 1.807) is 0 Å². The molecule has 0 aliphatic carbocycles. The minimum atomic E-state index is -4.95. The van der Waals surface area contributed by atoms with E-state index >= 15 is 0 Å². The number of hydrogen-bond acceptors (Lipinski definition) is 0. The Morgan fingerprint density at radius 2 is 1.41 bits per heavy atom. The molecule has 1 aromatic carbocycles. The molecule has 0 bridgehead atoms. The molecule has 0 aliphatic rings. The van der Waals surface area contributed by atoms with E-state index in [0.717, 1.165) is 0 Å². The van der Waals surface area contributed by atoms with Gasteiger partial charge in [0.1, 0.15) is 4.84 Å². The third-order valence-electron chi connectivity index (χ3n) is 1.92. The fourth-order valence-corrected chi connectivity index (χ4v) is 1.55. The van der Waals surface area contributed by atoms with Crippen LogP contribution in [-0.4, -0.2) is 0 Å². The first-order valence-electron chi connectivity index (χ1n) is 4.10. The Kier molecular flexibility index (Phi) is 3.88. The molecule has 0 nitrogen and oxygen atoms in total. The molecule has 0 atom stereocenters. The first kappa shape index (κ1) is 14.4. The lowest BCUT2D eigenvalue weighted by atomic mass is 10.0. The normalized spacial score (nSPS) is 13.2. The molecule has 17 heavy (non-hydrogen) atoms. The van der Waals surface area contributed by atoms with E-state index in [9.17, 15) is 26.3 Å². The van der Waals surface area contributed by atoms with Crippen LogP contribution in [0.4, 0.5) is 26.3 Å². The molecule has 0 spiro atoms. The number of hydrogen-bond donors (Lipinski definition) is 0. The monoisotopic (exact) mass is 296 g/mol. The fraction of sp³-hybridized carbons (Fsp3) is 0.333. The minimum Gasteiger partial charge on any atom is -0.166 e. The third kappa shape index (κ3) is 3.42. The molecule has 0 radical (unpaired) electrons. The fourth-order valence-electron chi connectivity index (χ4n) is 1.17. The summed E-state index contributed by atoms with van der Waals surface area (Å²) in [5.41, 5.74) is -3.49. The van der Waals surface area contributed by atoms with Crippen LogP contribution in [0.15, 0.2) is 18.2 Å². The van der Waals surface area contributed by atoms with Gasteiger partial charge in [0.25, 0.3) is 0 Å². The van der Waals surface area contributed by atoms with Crippen LogP contribution in [0, 0.1) is 0 Å². The second kappa shape index (κ2) is 4.57. The van der Waals surface area contributed by atoms with Crippen molar-refractivity contribution in [1.82, 2.24) is 0 Å². The smallest absolute Gasteiger partial charge is 0.166 e. The molecule has 0 N–H and O–H groups in total. The Morgan fingerprint density at radius 3 is 1.76 bits per heavy atom. The quantitative estimate of drug-likeness (QED) is 0.493. The van der Waals surface area contributed by atoms with E-state index in [4.69, 9.17) is 23.2 Å². The highest BCUT2D eigenvalue weighted by molar-refractivity contribution is 6.44. The second-order valence-electron chi connectivity index (χ2n) is 3.10. The zero-order valence-electron chi connectivity index (χ0n) is 7.83. The van der Waals surface area contributed by atoms with Gasteiger partial charge in [-0.1, -0.05) is 6.07 Å². The molecule has 0 aromatic heterocycles. The molecule has 0 saturated carbocycles. The molecule has 0 amide bonds. The van der Waals surface area contributed by atoms with Gasteiger partial charge < -0.3 is 0 Å². The molecule has 0 heterocycles. The molecular formula is C9H4Cl2F6. The van der Waals surface area contributed by atoms with E-state index in [0.29, 0.717) is 12.1 Å². The summed E-state index contributed by atoms with van der Waals surface area (Å²) in [5.74, 6) is 0. The number of alkyl halides is 8. The number of rotatable bonds is 1. The Hall–Kier alpha value is -0.620. The highest BCUT2D eigenvalue weighted by atomic mass is 35.5. The van der Waals surface area contributed by atoms with Gasteiger partial charge >= 0.3 is 12.4 Å². The summed E-state index contributed by atoms with van der Waals surface area (Å²) in [6.07, 6.45) is -9.80. The predicted octanol–water partition coefficient (Wildman–Crippen LogP) is 5.20. The molecule has 0 fully saturated rings. The van der Waals surface area contributed by atoms with E-state index in [1.807, 2.05) is 0 Å². The average molecular weight is 297 g/mol. The van der Waals surface area contributed by atoms with Crippen molar-refractivity contribution in [3.8, 4) is 0 Å². The van der Waals surface area contributed by atoms with Gasteiger partial charge in [0, 0.05) is 0 Å². The Bertz CT molecular complexity index is 407. The first-order valence-corrected chi connectivity index (χ1v) is 4.97. The van der Waals surface area contributed by atoms with E-state index in [2.05, 4.69) is 0 Å². The van der Waals surface area contributed by atoms with Gasteiger partial charge in [0.15, 0.2) is 0 Å². The molecule has 0 aliphatic heterocycles. The van der Waals surface area contributed by atoms with Crippen LogP contribution in [0.1, 0.15) is 21.5 Å². The predicted molar refractivity (Wildman–Crippen MR) is 50.9 cm³/mol. The molecule has 0 saturated heterocycles. The molecule has 96 valence electrons. The van der Waals surface area contributed by atoms with Crippen molar-refractivity contribution in [3.05, 3.63) is 34.9 Å². The highest BCUT2D eigenvalue weighted by Gasteiger charge is 2.38. The maximum Gasteiger partial charge on any atom is 0.416 e. The highest BCUT2D eigenvalue weighted by Crippen LogP contribution is 2.41. The van der Waals surface area contributed by atoms with Crippen LogP contribution in [0.2, 0.25) is 0 Å². The van der Waals surface area contributed by atoms with Gasteiger partial charge in [-0.2, -0.15) is 26.3 Å². The summed E-state index contributed by atoms with van der Waals surface area (Å²) in [6.45, 7) is 0. The average Bonchev–Trinajstić information content (AvgIpc) is 2.14. The lowest BCUT2D eigenvalue weighted by Gasteiger charge is -2.16. The van der Waals surface area contributed by atoms with E-state index in [1.165, 1.54) is 0 Å². The van der Waals surface area contributed by atoms with Gasteiger partial charge in [0.05, 0.1) is 11.1 Å². The summed E-state index contributed by atoms with van der Waals surface area (Å²) < 4.78 is 74.2. The topological polar surface area (TPSA) is 0 Å². The van der Waals surface area contributed by atoms with Gasteiger partial charge in [-0.05, 0) is 17.7 Å². The van der Waals surface area contributed by atoms with Crippen molar-refractivity contribution in [3.63, 3.8) is 0 Å². The zero-order valence-corrected chi connectivity index (χ0v) is 9.34. The van der Waals surface area contributed by atoms with Crippen LogP contribution < -0.4 is 0 Å². The maximum atomic E-state index is 12.5. The molecule has 8 heteroatoms. The zero-order chi connectivity index (χ0) is 13.4. The lowest BCUT2D eigenvalue weighted by Crippen LogP contribution is -2.13. The number of benzene rings is 1. The summed E-state index contributed by atoms with van der Waals surface area (Å²) >= 11 is 10.5. The van der Waals surface area contributed by atoms with Crippen molar-refractivity contribution in [1.29, 1.82) is 0 Å². The summed E-state index contributed by atoms with van der Waals surface area (Å²) in [7, 11) is 0. The SMILES string of the molecule is FC(F)(F)c1ccc(C(Cl)Cl)c(C(F)(F)F)c1. The summed E-state index contributed by atoms with van der Waals surface area (Å²) in [4.78, 5) is -1.55. The molecule has 0 unspecified atom stereocenters. The molecule has 1 aromatic rings. The van der Waals surface area contributed by atoms with Gasteiger partial charge in [0.2, 0.25) is 0 Å². The largest absolute Gasteiger partial charge is 0.416 e. The standard InChI is InChI=1S/C9H4Cl2F6/c10-7(11)5-2-1-4(8(12,13)14)3-6(5)9(15,16)17/h1-3,7H. The van der Waals surface area contributed by atoms with Crippen molar-refractivity contribution in [2.24, 2.45) is 0 Å². The Morgan fingerprint density at radius 1 is 0.882 bits per heavy atom. The van der Waals surface area contributed by atoms with Gasteiger partial charge in [-0.3, -0.25) is 0 Å². The van der Waals surface area contributed by atoms with E-state index in [-0.39, 0.29) is 6.07 Å². The second-order valence-corrected chi connectivity index (χ2v) is 4.19. The summed E-state index contributed by atoms with van der Waals surface area (Å²) in [6, 6.07) is 1.12. The maximum absolute atomic E-state index is 12.5. The van der Waals surface area contributed by atoms with Gasteiger partial charge in [-0.15, -0.1) is 23.2 Å². The number of halogens is 8. The van der Waals surface area contributed by atoms with Crippen molar-refractivity contribution < 1.29 is 26.3 Å². The lowest BCUT2D eigenvalue weighted by molar-refractivity contribution is -0.143. The van der Waals surface area contributed by atoms with E-state index < -0.39 is 33.9 Å². The third-order valence-corrected chi connectivity index (χ3v) is 2.39. The molecular weight excluding hydrogens is 293 g/mol.